The first kappa shape index (κ1) is 10.2. The summed E-state index contributed by atoms with van der Waals surface area (Å²) < 4.78 is 0. The van der Waals surface area contributed by atoms with E-state index in [1.54, 1.807) is 0 Å². The Hall–Kier alpha value is -1.35. The summed E-state index contributed by atoms with van der Waals surface area (Å²) in [6.07, 6.45) is 0.984. The van der Waals surface area contributed by atoms with E-state index in [1.165, 1.54) is 5.56 Å². The molecule has 2 atom stereocenters. The molecule has 1 aromatic carbocycles. The highest BCUT2D eigenvalue weighted by Crippen LogP contribution is 2.29. The molecule has 1 aromatic rings. The molecule has 1 fully saturated rings. The van der Waals surface area contributed by atoms with Gasteiger partial charge in [-0.05, 0) is 17.9 Å². The predicted octanol–water partition coefficient (Wildman–Crippen LogP) is 0.865. The molecule has 80 valence electrons. The minimum Gasteiger partial charge on any atom is -0.356 e. The molecule has 1 amide bonds. The van der Waals surface area contributed by atoms with Crippen molar-refractivity contribution in [3.05, 3.63) is 35.9 Å². The molecular weight excluding hydrogens is 188 g/mol. The third-order valence-electron chi connectivity index (χ3n) is 3.06. The van der Waals surface area contributed by atoms with E-state index >= 15 is 0 Å². The van der Waals surface area contributed by atoms with Crippen LogP contribution in [0.4, 0.5) is 0 Å². The lowest BCUT2D eigenvalue weighted by Gasteiger charge is -2.30. The Morgan fingerprint density at radius 2 is 2.07 bits per heavy atom. The van der Waals surface area contributed by atoms with E-state index in [-0.39, 0.29) is 17.7 Å². The molecule has 0 bridgehead atoms. The standard InChI is InChI=1S/C12H16N2O/c13-8-11-10(6-7-14-12(11)15)9-4-2-1-3-5-9/h1-5,10-11H,6-8,13H2,(H,14,15)/t10-,11+/m0/s1. The van der Waals surface area contributed by atoms with Crippen LogP contribution in [0.5, 0.6) is 0 Å². The fraction of sp³-hybridized carbons (Fsp3) is 0.417. The fourth-order valence-electron chi connectivity index (χ4n) is 2.24. The molecule has 2 rings (SSSR count). The van der Waals surface area contributed by atoms with Gasteiger partial charge in [-0.25, -0.2) is 0 Å². The third kappa shape index (κ3) is 2.02. The Kier molecular flexibility index (Phi) is 3.02. The molecule has 1 aliphatic rings. The van der Waals surface area contributed by atoms with Crippen molar-refractivity contribution in [3.63, 3.8) is 0 Å². The molecule has 0 aliphatic carbocycles. The SMILES string of the molecule is NC[C@H]1C(=O)NCC[C@H]1c1ccccc1. The second kappa shape index (κ2) is 4.45. The lowest BCUT2D eigenvalue weighted by molar-refractivity contribution is -0.127. The Labute approximate surface area is 89.7 Å². The van der Waals surface area contributed by atoms with Gasteiger partial charge in [-0.1, -0.05) is 30.3 Å². The van der Waals surface area contributed by atoms with Crippen molar-refractivity contribution in [1.82, 2.24) is 5.32 Å². The lowest BCUT2D eigenvalue weighted by Crippen LogP contribution is -2.44. The summed E-state index contributed by atoms with van der Waals surface area (Å²) in [5.74, 6) is 0.309. The molecular formula is C12H16N2O. The number of amides is 1. The van der Waals surface area contributed by atoms with Crippen LogP contribution in [0.3, 0.4) is 0 Å². The molecule has 1 saturated heterocycles. The number of nitrogens with one attached hydrogen (secondary N) is 1. The second-order valence-electron chi connectivity index (χ2n) is 3.94. The maximum Gasteiger partial charge on any atom is 0.225 e. The fourth-order valence-corrected chi connectivity index (χ4v) is 2.24. The number of nitrogens with two attached hydrogens (primary N) is 1. The molecule has 1 heterocycles. The molecule has 0 saturated carbocycles. The number of piperidine rings is 1. The smallest absolute Gasteiger partial charge is 0.225 e. The maximum atomic E-state index is 11.6. The highest BCUT2D eigenvalue weighted by atomic mass is 16.1. The van der Waals surface area contributed by atoms with Crippen LogP contribution in [-0.4, -0.2) is 19.0 Å². The molecule has 0 aromatic heterocycles. The van der Waals surface area contributed by atoms with Crippen LogP contribution in [0.15, 0.2) is 30.3 Å². The average molecular weight is 204 g/mol. The molecule has 3 nitrogen and oxygen atoms in total. The average Bonchev–Trinajstić information content (AvgIpc) is 2.30. The van der Waals surface area contributed by atoms with Crippen molar-refractivity contribution in [2.24, 2.45) is 11.7 Å². The van der Waals surface area contributed by atoms with Gasteiger partial charge in [0.15, 0.2) is 0 Å². The zero-order valence-corrected chi connectivity index (χ0v) is 8.65. The summed E-state index contributed by atoms with van der Waals surface area (Å²) >= 11 is 0. The van der Waals surface area contributed by atoms with E-state index in [2.05, 4.69) is 17.4 Å². The van der Waals surface area contributed by atoms with E-state index in [0.29, 0.717) is 6.54 Å². The second-order valence-corrected chi connectivity index (χ2v) is 3.94. The van der Waals surface area contributed by atoms with E-state index in [4.69, 9.17) is 5.73 Å². The van der Waals surface area contributed by atoms with Gasteiger partial charge in [0.1, 0.15) is 0 Å². The van der Waals surface area contributed by atoms with Gasteiger partial charge in [-0.2, -0.15) is 0 Å². The summed E-state index contributed by atoms with van der Waals surface area (Å²) in [6, 6.07) is 10.2. The van der Waals surface area contributed by atoms with Gasteiger partial charge in [0.05, 0.1) is 5.92 Å². The van der Waals surface area contributed by atoms with Crippen LogP contribution >= 0.6 is 0 Å². The monoisotopic (exact) mass is 204 g/mol. The third-order valence-corrected chi connectivity index (χ3v) is 3.06. The number of rotatable bonds is 2. The van der Waals surface area contributed by atoms with Crippen molar-refractivity contribution in [3.8, 4) is 0 Å². The number of carbonyl (C=O) groups excluding carboxylic acids is 1. The van der Waals surface area contributed by atoms with E-state index in [0.717, 1.165) is 13.0 Å². The minimum atomic E-state index is -0.0684. The van der Waals surface area contributed by atoms with Gasteiger partial charge in [-0.3, -0.25) is 4.79 Å². The molecule has 15 heavy (non-hydrogen) atoms. The first-order valence-corrected chi connectivity index (χ1v) is 5.35. The van der Waals surface area contributed by atoms with Crippen LogP contribution in [0, 0.1) is 5.92 Å². The van der Waals surface area contributed by atoms with E-state index in [1.807, 2.05) is 18.2 Å². The van der Waals surface area contributed by atoms with Gasteiger partial charge in [0.25, 0.3) is 0 Å². The van der Waals surface area contributed by atoms with Gasteiger partial charge >= 0.3 is 0 Å². The van der Waals surface area contributed by atoms with Crippen LogP contribution in [0.25, 0.3) is 0 Å². The van der Waals surface area contributed by atoms with Crippen molar-refractivity contribution in [2.45, 2.75) is 12.3 Å². The quantitative estimate of drug-likeness (QED) is 0.751. The molecule has 0 spiro atoms. The Bertz CT molecular complexity index is 337. The maximum absolute atomic E-state index is 11.6. The Morgan fingerprint density at radius 3 is 2.73 bits per heavy atom. The Balaban J connectivity index is 2.23. The molecule has 0 radical (unpaired) electrons. The van der Waals surface area contributed by atoms with Crippen LogP contribution in [0.2, 0.25) is 0 Å². The van der Waals surface area contributed by atoms with E-state index in [9.17, 15) is 4.79 Å². The largest absolute Gasteiger partial charge is 0.356 e. The number of hydrogen-bond acceptors (Lipinski definition) is 2. The molecule has 3 N–H and O–H groups in total. The van der Waals surface area contributed by atoms with Crippen LogP contribution in [-0.2, 0) is 4.79 Å². The van der Waals surface area contributed by atoms with Crippen molar-refractivity contribution in [2.75, 3.05) is 13.1 Å². The van der Waals surface area contributed by atoms with Crippen LogP contribution in [0.1, 0.15) is 17.9 Å². The summed E-state index contributed by atoms with van der Waals surface area (Å²) in [5, 5.41) is 2.86. The topological polar surface area (TPSA) is 55.1 Å². The molecule has 0 unspecified atom stereocenters. The van der Waals surface area contributed by atoms with Gasteiger partial charge < -0.3 is 11.1 Å². The predicted molar refractivity (Wildman–Crippen MR) is 59.4 cm³/mol. The zero-order chi connectivity index (χ0) is 10.7. The summed E-state index contributed by atoms with van der Waals surface area (Å²) in [6.45, 7) is 1.18. The highest BCUT2D eigenvalue weighted by molar-refractivity contribution is 5.80. The van der Waals surface area contributed by atoms with Crippen molar-refractivity contribution >= 4 is 5.91 Å². The zero-order valence-electron chi connectivity index (χ0n) is 8.65. The van der Waals surface area contributed by atoms with Gasteiger partial charge in [-0.15, -0.1) is 0 Å². The summed E-state index contributed by atoms with van der Waals surface area (Å²) in [4.78, 5) is 11.6. The van der Waals surface area contributed by atoms with Gasteiger partial charge in [0.2, 0.25) is 5.91 Å². The van der Waals surface area contributed by atoms with Crippen molar-refractivity contribution < 1.29 is 4.79 Å². The number of hydrogen-bond donors (Lipinski definition) is 2. The molecule has 3 heteroatoms. The van der Waals surface area contributed by atoms with Crippen molar-refractivity contribution in [1.29, 1.82) is 0 Å². The summed E-state index contributed by atoms with van der Waals surface area (Å²) in [5.41, 5.74) is 6.89. The van der Waals surface area contributed by atoms with Gasteiger partial charge in [0, 0.05) is 13.1 Å². The Morgan fingerprint density at radius 1 is 1.33 bits per heavy atom. The molecule has 1 aliphatic heterocycles. The lowest BCUT2D eigenvalue weighted by atomic mass is 9.81. The van der Waals surface area contributed by atoms with Crippen LogP contribution < -0.4 is 11.1 Å². The first-order chi connectivity index (χ1) is 7.33. The summed E-state index contributed by atoms with van der Waals surface area (Å²) in [7, 11) is 0. The normalized spacial score (nSPS) is 26.1. The minimum absolute atomic E-state index is 0.0684. The highest BCUT2D eigenvalue weighted by Gasteiger charge is 2.31. The number of carbonyl (C=O) groups is 1. The van der Waals surface area contributed by atoms with E-state index < -0.39 is 0 Å². The first-order valence-electron chi connectivity index (χ1n) is 5.35. The number of benzene rings is 1.